The summed E-state index contributed by atoms with van der Waals surface area (Å²) in [7, 11) is 1.31. The molecule has 6 heteroatoms. The van der Waals surface area contributed by atoms with Gasteiger partial charge < -0.3 is 15.4 Å². The predicted molar refractivity (Wildman–Crippen MR) is 84.5 cm³/mol. The van der Waals surface area contributed by atoms with Gasteiger partial charge >= 0.3 is 5.97 Å². The lowest BCUT2D eigenvalue weighted by Crippen LogP contribution is -2.12. The predicted octanol–water partition coefficient (Wildman–Crippen LogP) is 2.22. The Hall–Kier alpha value is -3.15. The van der Waals surface area contributed by atoms with Crippen LogP contribution in [0.3, 0.4) is 0 Å². The lowest BCUT2D eigenvalue weighted by molar-refractivity contribution is -0.115. The summed E-state index contributed by atoms with van der Waals surface area (Å²) in [6.07, 6.45) is 0.282. The Morgan fingerprint density at radius 3 is 2.48 bits per heavy atom. The van der Waals surface area contributed by atoms with E-state index in [2.05, 4.69) is 15.4 Å². The quantitative estimate of drug-likeness (QED) is 0.851. The highest BCUT2D eigenvalue weighted by molar-refractivity contribution is 6.06. The highest BCUT2D eigenvalue weighted by atomic mass is 16.5. The summed E-state index contributed by atoms with van der Waals surface area (Å²) in [5.74, 6) is -0.785. The van der Waals surface area contributed by atoms with Gasteiger partial charge in [-0.2, -0.15) is 0 Å². The zero-order valence-electron chi connectivity index (χ0n) is 12.4. The van der Waals surface area contributed by atoms with Gasteiger partial charge in [-0.3, -0.25) is 9.59 Å². The zero-order valence-corrected chi connectivity index (χ0v) is 12.4. The third-order valence-electron chi connectivity index (χ3n) is 3.56. The normalized spacial score (nSPS) is 12.3. The Morgan fingerprint density at radius 2 is 1.78 bits per heavy atom. The van der Waals surface area contributed by atoms with E-state index in [-0.39, 0.29) is 18.2 Å². The molecule has 0 atom stereocenters. The fourth-order valence-corrected chi connectivity index (χ4v) is 2.38. The van der Waals surface area contributed by atoms with Crippen LogP contribution in [0.2, 0.25) is 0 Å². The number of methoxy groups -OCH3 is 1. The van der Waals surface area contributed by atoms with E-state index in [1.165, 1.54) is 7.11 Å². The minimum absolute atomic E-state index is 0.0732. The molecule has 1 aliphatic heterocycles. The second-order valence-electron chi connectivity index (χ2n) is 5.12. The molecule has 2 aromatic carbocycles. The maximum atomic E-state index is 12.3. The van der Waals surface area contributed by atoms with Crippen LogP contribution in [0.5, 0.6) is 0 Å². The van der Waals surface area contributed by atoms with Crippen LogP contribution < -0.4 is 10.6 Å². The maximum Gasteiger partial charge on any atom is 0.337 e. The molecule has 116 valence electrons. The molecule has 23 heavy (non-hydrogen) atoms. The molecular formula is C17H14N2O4. The van der Waals surface area contributed by atoms with Crippen LogP contribution in [0.4, 0.5) is 11.4 Å². The van der Waals surface area contributed by atoms with E-state index in [0.717, 1.165) is 11.3 Å². The minimum Gasteiger partial charge on any atom is -0.465 e. The molecule has 0 unspecified atom stereocenters. The first kappa shape index (κ1) is 14.8. The molecule has 0 aromatic heterocycles. The van der Waals surface area contributed by atoms with Crippen molar-refractivity contribution in [3.63, 3.8) is 0 Å². The van der Waals surface area contributed by atoms with Crippen LogP contribution in [0.15, 0.2) is 42.5 Å². The third-order valence-corrected chi connectivity index (χ3v) is 3.56. The van der Waals surface area contributed by atoms with Gasteiger partial charge in [0.15, 0.2) is 0 Å². The highest BCUT2D eigenvalue weighted by Crippen LogP contribution is 2.24. The standard InChI is InChI=1S/C17H14N2O4/c1-23-17(22)10-2-5-13(6-3-10)18-16(21)11-4-7-14-12(8-11)9-15(20)19-14/h2-8H,9H2,1H3,(H,18,21)(H,19,20). The van der Waals surface area contributed by atoms with Crippen molar-refractivity contribution in [2.24, 2.45) is 0 Å². The average molecular weight is 310 g/mol. The average Bonchev–Trinajstić information content (AvgIpc) is 2.93. The number of ether oxygens (including phenoxy) is 1. The maximum absolute atomic E-state index is 12.3. The molecule has 0 fully saturated rings. The molecule has 0 saturated heterocycles. The van der Waals surface area contributed by atoms with Crippen molar-refractivity contribution in [2.75, 3.05) is 17.7 Å². The molecule has 0 bridgehead atoms. The monoisotopic (exact) mass is 310 g/mol. The molecule has 0 radical (unpaired) electrons. The number of carbonyl (C=O) groups is 3. The molecule has 0 aliphatic carbocycles. The van der Waals surface area contributed by atoms with Gasteiger partial charge in [0.05, 0.1) is 19.1 Å². The summed E-state index contributed by atoms with van der Waals surface area (Å²) in [4.78, 5) is 35.0. The Morgan fingerprint density at radius 1 is 1.09 bits per heavy atom. The summed E-state index contributed by atoms with van der Waals surface area (Å²) in [6.45, 7) is 0. The first-order valence-corrected chi connectivity index (χ1v) is 6.99. The van der Waals surface area contributed by atoms with E-state index in [4.69, 9.17) is 0 Å². The van der Waals surface area contributed by atoms with Gasteiger partial charge in [0.25, 0.3) is 5.91 Å². The molecular weight excluding hydrogens is 296 g/mol. The number of hydrogen-bond acceptors (Lipinski definition) is 4. The number of nitrogens with one attached hydrogen (secondary N) is 2. The molecule has 0 saturated carbocycles. The lowest BCUT2D eigenvalue weighted by Gasteiger charge is -2.07. The number of fused-ring (bicyclic) bond motifs is 1. The first-order chi connectivity index (χ1) is 11.1. The van der Waals surface area contributed by atoms with Gasteiger partial charge in [-0.1, -0.05) is 0 Å². The van der Waals surface area contributed by atoms with Crippen LogP contribution in [0.25, 0.3) is 0 Å². The van der Waals surface area contributed by atoms with Gasteiger partial charge in [0.2, 0.25) is 5.91 Å². The second kappa shape index (κ2) is 5.92. The number of esters is 1. The summed E-state index contributed by atoms with van der Waals surface area (Å²) in [5, 5.41) is 5.47. The Bertz CT molecular complexity index is 797. The van der Waals surface area contributed by atoms with Gasteiger partial charge in [0, 0.05) is 16.9 Å². The van der Waals surface area contributed by atoms with Crippen molar-refractivity contribution in [1.82, 2.24) is 0 Å². The Labute approximate surface area is 132 Å². The van der Waals surface area contributed by atoms with Crippen LogP contribution in [0.1, 0.15) is 26.3 Å². The molecule has 3 rings (SSSR count). The van der Waals surface area contributed by atoms with Crippen molar-refractivity contribution in [3.05, 3.63) is 59.2 Å². The van der Waals surface area contributed by atoms with E-state index in [1.807, 2.05) is 0 Å². The zero-order chi connectivity index (χ0) is 16.4. The molecule has 2 aromatic rings. The van der Waals surface area contributed by atoms with Gasteiger partial charge in [-0.05, 0) is 48.0 Å². The van der Waals surface area contributed by atoms with Crippen molar-refractivity contribution in [3.8, 4) is 0 Å². The minimum atomic E-state index is -0.432. The van der Waals surface area contributed by atoms with Gasteiger partial charge in [-0.15, -0.1) is 0 Å². The van der Waals surface area contributed by atoms with Gasteiger partial charge in [0.1, 0.15) is 0 Å². The van der Waals surface area contributed by atoms with Crippen molar-refractivity contribution < 1.29 is 19.1 Å². The van der Waals surface area contributed by atoms with Crippen LogP contribution in [-0.2, 0) is 16.0 Å². The molecule has 6 nitrogen and oxygen atoms in total. The van der Waals surface area contributed by atoms with Crippen molar-refractivity contribution in [1.29, 1.82) is 0 Å². The third kappa shape index (κ3) is 3.06. The van der Waals surface area contributed by atoms with E-state index < -0.39 is 5.97 Å². The van der Waals surface area contributed by atoms with E-state index in [0.29, 0.717) is 16.8 Å². The number of rotatable bonds is 3. The van der Waals surface area contributed by atoms with Crippen LogP contribution >= 0.6 is 0 Å². The fourth-order valence-electron chi connectivity index (χ4n) is 2.38. The topological polar surface area (TPSA) is 84.5 Å². The van der Waals surface area contributed by atoms with Crippen LogP contribution in [-0.4, -0.2) is 24.9 Å². The smallest absolute Gasteiger partial charge is 0.337 e. The van der Waals surface area contributed by atoms with E-state index in [9.17, 15) is 14.4 Å². The Balaban J connectivity index is 1.73. The molecule has 2 N–H and O–H groups in total. The SMILES string of the molecule is COC(=O)c1ccc(NC(=O)c2ccc3c(c2)CC(=O)N3)cc1. The lowest BCUT2D eigenvalue weighted by atomic mass is 10.1. The molecule has 1 aliphatic rings. The fraction of sp³-hybridized carbons (Fsp3) is 0.118. The number of amides is 2. The largest absolute Gasteiger partial charge is 0.465 e. The number of hydrogen-bond donors (Lipinski definition) is 2. The van der Waals surface area contributed by atoms with Crippen LogP contribution in [0, 0.1) is 0 Å². The summed E-state index contributed by atoms with van der Waals surface area (Å²) in [6, 6.07) is 11.5. The molecule has 0 spiro atoms. The summed E-state index contributed by atoms with van der Waals surface area (Å²) >= 11 is 0. The van der Waals surface area contributed by atoms with Crippen molar-refractivity contribution >= 4 is 29.2 Å². The number of anilines is 2. The Kier molecular flexibility index (Phi) is 3.80. The highest BCUT2D eigenvalue weighted by Gasteiger charge is 2.19. The summed E-state index contributed by atoms with van der Waals surface area (Å²) < 4.78 is 4.62. The van der Waals surface area contributed by atoms with E-state index >= 15 is 0 Å². The summed E-state index contributed by atoms with van der Waals surface area (Å²) in [5.41, 5.74) is 3.00. The number of carbonyl (C=O) groups excluding carboxylic acids is 3. The first-order valence-electron chi connectivity index (χ1n) is 6.99. The molecule has 2 amide bonds. The number of benzene rings is 2. The van der Waals surface area contributed by atoms with Crippen molar-refractivity contribution in [2.45, 2.75) is 6.42 Å². The second-order valence-corrected chi connectivity index (χ2v) is 5.12. The molecule has 1 heterocycles. The van der Waals surface area contributed by atoms with E-state index in [1.54, 1.807) is 42.5 Å². The van der Waals surface area contributed by atoms with Gasteiger partial charge in [-0.25, -0.2) is 4.79 Å².